The fourth-order valence-corrected chi connectivity index (χ4v) is 3.67. The lowest BCUT2D eigenvalue weighted by atomic mass is 9.97. The van der Waals surface area contributed by atoms with E-state index in [0.717, 1.165) is 51.1 Å². The molecule has 1 aliphatic heterocycles. The molecular formula is C15H25N3O2S. The van der Waals surface area contributed by atoms with Gasteiger partial charge in [0.1, 0.15) is 4.90 Å². The van der Waals surface area contributed by atoms with Crippen LogP contribution >= 0.6 is 0 Å². The number of para-hydroxylation sites is 1. The van der Waals surface area contributed by atoms with Crippen molar-refractivity contribution in [1.82, 2.24) is 5.32 Å². The summed E-state index contributed by atoms with van der Waals surface area (Å²) in [6.07, 6.45) is 3.25. The van der Waals surface area contributed by atoms with Crippen LogP contribution in [0.15, 0.2) is 29.2 Å². The number of nitrogens with zero attached hydrogens (tertiary/aromatic N) is 1. The van der Waals surface area contributed by atoms with Gasteiger partial charge in [0.2, 0.25) is 10.0 Å². The lowest BCUT2D eigenvalue weighted by Gasteiger charge is -2.32. The first-order valence-electron chi connectivity index (χ1n) is 7.60. The molecule has 1 fully saturated rings. The zero-order chi connectivity index (χ0) is 15.3. The third kappa shape index (κ3) is 4.43. The lowest BCUT2D eigenvalue weighted by Crippen LogP contribution is -2.37. The van der Waals surface area contributed by atoms with Gasteiger partial charge in [0.15, 0.2) is 0 Å². The van der Waals surface area contributed by atoms with Crippen LogP contribution in [0.4, 0.5) is 5.69 Å². The normalized spacial score (nSPS) is 16.9. The van der Waals surface area contributed by atoms with E-state index >= 15 is 0 Å². The number of anilines is 1. The molecule has 1 aliphatic rings. The van der Waals surface area contributed by atoms with Gasteiger partial charge >= 0.3 is 0 Å². The average Bonchev–Trinajstić information content (AvgIpc) is 2.47. The maximum absolute atomic E-state index is 11.8. The second-order valence-corrected chi connectivity index (χ2v) is 7.18. The van der Waals surface area contributed by atoms with Gasteiger partial charge in [-0.25, -0.2) is 13.6 Å². The molecular weight excluding hydrogens is 286 g/mol. The molecule has 1 aromatic rings. The van der Waals surface area contributed by atoms with Crippen molar-refractivity contribution in [1.29, 1.82) is 0 Å². The number of nitrogens with one attached hydrogen (secondary N) is 1. The minimum atomic E-state index is -3.69. The third-order valence-electron chi connectivity index (χ3n) is 3.94. The Kier molecular flexibility index (Phi) is 5.61. The summed E-state index contributed by atoms with van der Waals surface area (Å²) in [5, 5.41) is 8.72. The van der Waals surface area contributed by atoms with E-state index in [-0.39, 0.29) is 4.90 Å². The first-order chi connectivity index (χ1) is 10.0. The van der Waals surface area contributed by atoms with E-state index in [4.69, 9.17) is 5.14 Å². The molecule has 5 nitrogen and oxygen atoms in total. The second-order valence-electron chi connectivity index (χ2n) is 5.65. The predicted molar refractivity (Wildman–Crippen MR) is 85.9 cm³/mol. The van der Waals surface area contributed by atoms with Crippen molar-refractivity contribution in [3.05, 3.63) is 24.3 Å². The van der Waals surface area contributed by atoms with E-state index < -0.39 is 10.0 Å². The lowest BCUT2D eigenvalue weighted by molar-refractivity contribution is 0.373. The Morgan fingerprint density at radius 2 is 1.95 bits per heavy atom. The molecule has 0 radical (unpaired) electrons. The zero-order valence-electron chi connectivity index (χ0n) is 12.6. The monoisotopic (exact) mass is 311 g/mol. The molecule has 0 saturated carbocycles. The van der Waals surface area contributed by atoms with Crippen LogP contribution in [0.5, 0.6) is 0 Å². The van der Waals surface area contributed by atoms with Crippen LogP contribution in [0.3, 0.4) is 0 Å². The molecule has 0 unspecified atom stereocenters. The van der Waals surface area contributed by atoms with Crippen molar-refractivity contribution < 1.29 is 8.42 Å². The second kappa shape index (κ2) is 7.24. The van der Waals surface area contributed by atoms with Crippen molar-refractivity contribution >= 4 is 15.7 Å². The number of hydrogen-bond acceptors (Lipinski definition) is 4. The molecule has 3 N–H and O–H groups in total. The highest BCUT2D eigenvalue weighted by Gasteiger charge is 2.21. The molecule has 0 spiro atoms. The Morgan fingerprint density at radius 1 is 1.29 bits per heavy atom. The summed E-state index contributed by atoms with van der Waals surface area (Å²) < 4.78 is 23.6. The summed E-state index contributed by atoms with van der Waals surface area (Å²) >= 11 is 0. The zero-order valence-corrected chi connectivity index (χ0v) is 13.4. The van der Waals surface area contributed by atoms with Crippen molar-refractivity contribution in [3.8, 4) is 0 Å². The number of benzene rings is 1. The Morgan fingerprint density at radius 3 is 2.57 bits per heavy atom. The van der Waals surface area contributed by atoms with Gasteiger partial charge in [-0.2, -0.15) is 0 Å². The number of primary sulfonamides is 1. The summed E-state index contributed by atoms with van der Waals surface area (Å²) in [7, 11) is -3.69. The molecule has 118 valence electrons. The molecule has 1 saturated heterocycles. The van der Waals surface area contributed by atoms with Crippen LogP contribution in [0.25, 0.3) is 0 Å². The van der Waals surface area contributed by atoms with Gasteiger partial charge in [-0.15, -0.1) is 0 Å². The van der Waals surface area contributed by atoms with Crippen LogP contribution in [-0.4, -0.2) is 34.6 Å². The first kappa shape index (κ1) is 16.3. The smallest absolute Gasteiger partial charge is 0.240 e. The Balaban J connectivity index is 2.25. The Hall–Kier alpha value is -1.11. The average molecular weight is 311 g/mol. The van der Waals surface area contributed by atoms with Crippen LogP contribution in [-0.2, 0) is 10.0 Å². The van der Waals surface area contributed by atoms with Gasteiger partial charge in [0.25, 0.3) is 0 Å². The maximum Gasteiger partial charge on any atom is 0.240 e. The van der Waals surface area contributed by atoms with Crippen molar-refractivity contribution in [2.45, 2.75) is 31.1 Å². The molecule has 1 heterocycles. The van der Waals surface area contributed by atoms with Crippen LogP contribution in [0, 0.1) is 5.92 Å². The van der Waals surface area contributed by atoms with Crippen LogP contribution in [0.1, 0.15) is 26.2 Å². The van der Waals surface area contributed by atoms with Crippen molar-refractivity contribution in [2.24, 2.45) is 11.1 Å². The summed E-state index contributed by atoms with van der Waals surface area (Å²) in [6, 6.07) is 7.04. The van der Waals surface area contributed by atoms with E-state index in [9.17, 15) is 8.42 Å². The predicted octanol–water partition coefficient (Wildman–Crippen LogP) is 1.55. The van der Waals surface area contributed by atoms with E-state index in [1.807, 2.05) is 12.1 Å². The maximum atomic E-state index is 11.8. The fraction of sp³-hybridized carbons (Fsp3) is 0.600. The molecule has 6 heteroatoms. The molecule has 0 bridgehead atoms. The molecule has 2 rings (SSSR count). The quantitative estimate of drug-likeness (QED) is 0.836. The number of hydrogen-bond donors (Lipinski definition) is 2. The summed E-state index contributed by atoms with van der Waals surface area (Å²) in [4.78, 5) is 2.41. The summed E-state index contributed by atoms with van der Waals surface area (Å²) in [5.74, 6) is 0.603. The van der Waals surface area contributed by atoms with Gasteiger partial charge in [-0.05, 0) is 50.4 Å². The summed E-state index contributed by atoms with van der Waals surface area (Å²) in [6.45, 7) is 5.93. The van der Waals surface area contributed by atoms with Gasteiger partial charge in [-0.1, -0.05) is 19.1 Å². The third-order valence-corrected chi connectivity index (χ3v) is 4.90. The van der Waals surface area contributed by atoms with Crippen LogP contribution in [0.2, 0.25) is 0 Å². The van der Waals surface area contributed by atoms with Gasteiger partial charge in [-0.3, -0.25) is 0 Å². The van der Waals surface area contributed by atoms with E-state index in [0.29, 0.717) is 5.92 Å². The summed E-state index contributed by atoms with van der Waals surface area (Å²) in [5.41, 5.74) is 0.736. The first-order valence-corrected chi connectivity index (χ1v) is 9.14. The number of sulfonamides is 1. The Bertz CT molecular complexity index is 554. The molecule has 1 aromatic carbocycles. The number of piperidine rings is 1. The topological polar surface area (TPSA) is 75.4 Å². The minimum Gasteiger partial charge on any atom is -0.370 e. The highest BCUT2D eigenvalue weighted by Crippen LogP contribution is 2.26. The molecule has 21 heavy (non-hydrogen) atoms. The fourth-order valence-electron chi connectivity index (χ4n) is 2.91. The molecule has 0 atom stereocenters. The van der Waals surface area contributed by atoms with E-state index in [1.165, 1.54) is 0 Å². The SMILES string of the molecule is CCCN(CC1CCNCC1)c1ccccc1S(N)(=O)=O. The van der Waals surface area contributed by atoms with E-state index in [2.05, 4.69) is 17.1 Å². The Labute approximate surface area is 127 Å². The number of nitrogens with two attached hydrogens (primary N) is 1. The van der Waals surface area contributed by atoms with E-state index in [1.54, 1.807) is 12.1 Å². The van der Waals surface area contributed by atoms with Crippen LogP contribution < -0.4 is 15.4 Å². The number of rotatable bonds is 6. The molecule has 0 aliphatic carbocycles. The van der Waals surface area contributed by atoms with Gasteiger partial charge in [0, 0.05) is 13.1 Å². The largest absolute Gasteiger partial charge is 0.370 e. The van der Waals surface area contributed by atoms with Gasteiger partial charge < -0.3 is 10.2 Å². The molecule has 0 aromatic heterocycles. The van der Waals surface area contributed by atoms with Crippen molar-refractivity contribution in [3.63, 3.8) is 0 Å². The highest BCUT2D eigenvalue weighted by molar-refractivity contribution is 7.89. The highest BCUT2D eigenvalue weighted by atomic mass is 32.2. The standard InChI is InChI=1S/C15H25N3O2S/c1-2-11-18(12-13-7-9-17-10-8-13)14-5-3-4-6-15(14)21(16,19)20/h3-6,13,17H,2,7-12H2,1H3,(H2,16,19,20). The minimum absolute atomic E-state index is 0.229. The van der Waals surface area contributed by atoms with Gasteiger partial charge in [0.05, 0.1) is 5.69 Å². The molecule has 0 amide bonds. The van der Waals surface area contributed by atoms with Crippen molar-refractivity contribution in [2.75, 3.05) is 31.1 Å².